The predicted molar refractivity (Wildman–Crippen MR) is 106 cm³/mol. The number of halogens is 1. The number of aliphatic hydroxyl groups is 1. The summed E-state index contributed by atoms with van der Waals surface area (Å²) in [6.07, 6.45) is 0.480. The average Bonchev–Trinajstić information content (AvgIpc) is 2.69. The molecule has 1 unspecified atom stereocenters. The number of aliphatic hydroxyl groups excluding tert-OH is 1. The van der Waals surface area contributed by atoms with Gasteiger partial charge in [0, 0.05) is 35.3 Å². The van der Waals surface area contributed by atoms with E-state index in [9.17, 15) is 14.3 Å². The van der Waals surface area contributed by atoms with Crippen molar-refractivity contribution in [2.24, 2.45) is 0 Å². The Morgan fingerprint density at radius 2 is 2.00 bits per heavy atom. The van der Waals surface area contributed by atoms with Crippen molar-refractivity contribution in [2.75, 3.05) is 12.4 Å². The number of rotatable bonds is 4. The second kappa shape index (κ2) is 7.03. The Morgan fingerprint density at radius 1 is 1.18 bits per heavy atom. The standard InChI is InChI=1S/C21H18FN3O3/c1-11-3-4-12(21(27)28-2)9-17(11)25-19-14-7-8-23-20(26)18(14)15-10-13(22)5-6-16(15)24-19/h3-10,21,27H,1-2H3,(H,23,26)(H,24,25). The molecule has 0 radical (unpaired) electrons. The van der Waals surface area contributed by atoms with E-state index >= 15 is 0 Å². The number of methoxy groups -OCH3 is 1. The smallest absolute Gasteiger partial charge is 0.256 e. The lowest BCUT2D eigenvalue weighted by atomic mass is 10.1. The summed E-state index contributed by atoms with van der Waals surface area (Å²) in [6, 6.07) is 11.3. The fourth-order valence-corrected chi connectivity index (χ4v) is 3.22. The first-order valence-electron chi connectivity index (χ1n) is 8.67. The maximum absolute atomic E-state index is 13.8. The van der Waals surface area contributed by atoms with Crippen LogP contribution in [0.3, 0.4) is 0 Å². The van der Waals surface area contributed by atoms with Crippen molar-refractivity contribution in [3.63, 3.8) is 0 Å². The zero-order valence-electron chi connectivity index (χ0n) is 15.3. The number of H-pyrrole nitrogens is 1. The lowest BCUT2D eigenvalue weighted by Gasteiger charge is -2.15. The number of hydrogen-bond donors (Lipinski definition) is 3. The third-order valence-electron chi connectivity index (χ3n) is 4.70. The molecule has 2 aromatic heterocycles. The number of nitrogens with zero attached hydrogens (tertiary/aromatic N) is 1. The highest BCUT2D eigenvalue weighted by atomic mass is 19.1. The quantitative estimate of drug-likeness (QED) is 0.370. The highest BCUT2D eigenvalue weighted by molar-refractivity contribution is 6.10. The lowest BCUT2D eigenvalue weighted by molar-refractivity contribution is -0.0769. The van der Waals surface area contributed by atoms with Gasteiger partial charge in [-0.1, -0.05) is 12.1 Å². The molecule has 0 saturated carbocycles. The van der Waals surface area contributed by atoms with Crippen molar-refractivity contribution < 1.29 is 14.2 Å². The van der Waals surface area contributed by atoms with Crippen LogP contribution in [0.1, 0.15) is 17.4 Å². The molecule has 4 aromatic rings. The van der Waals surface area contributed by atoms with Gasteiger partial charge in [-0.25, -0.2) is 9.37 Å². The zero-order chi connectivity index (χ0) is 19.8. The summed E-state index contributed by atoms with van der Waals surface area (Å²) in [4.78, 5) is 19.7. The molecule has 0 amide bonds. The number of aromatic amines is 1. The van der Waals surface area contributed by atoms with E-state index in [0.29, 0.717) is 38.7 Å². The van der Waals surface area contributed by atoms with Crippen LogP contribution in [0.4, 0.5) is 15.9 Å². The second-order valence-electron chi connectivity index (χ2n) is 6.50. The fourth-order valence-electron chi connectivity index (χ4n) is 3.22. The molecule has 0 fully saturated rings. The fraction of sp³-hybridized carbons (Fsp3) is 0.143. The number of aromatic nitrogens is 2. The van der Waals surface area contributed by atoms with Crippen molar-refractivity contribution in [3.8, 4) is 0 Å². The molecule has 0 bridgehead atoms. The van der Waals surface area contributed by atoms with E-state index in [1.165, 1.54) is 25.4 Å². The third kappa shape index (κ3) is 3.11. The van der Waals surface area contributed by atoms with E-state index in [-0.39, 0.29) is 5.56 Å². The van der Waals surface area contributed by atoms with Gasteiger partial charge in [-0.3, -0.25) is 4.79 Å². The molecule has 0 aliphatic heterocycles. The molecule has 1 atom stereocenters. The Morgan fingerprint density at radius 3 is 2.79 bits per heavy atom. The summed E-state index contributed by atoms with van der Waals surface area (Å²) < 4.78 is 18.7. The number of aryl methyl sites for hydroxylation is 1. The van der Waals surface area contributed by atoms with Gasteiger partial charge in [-0.2, -0.15) is 0 Å². The molecule has 28 heavy (non-hydrogen) atoms. The number of anilines is 2. The van der Waals surface area contributed by atoms with Gasteiger partial charge in [0.2, 0.25) is 0 Å². The Hall–Kier alpha value is -3.29. The Balaban J connectivity index is 1.93. The highest BCUT2D eigenvalue weighted by Gasteiger charge is 2.14. The summed E-state index contributed by atoms with van der Waals surface area (Å²) in [5.74, 6) is 0.0315. The molecule has 3 N–H and O–H groups in total. The Labute approximate surface area is 159 Å². The molecule has 0 aliphatic rings. The van der Waals surface area contributed by atoms with Crippen molar-refractivity contribution in [1.82, 2.24) is 9.97 Å². The second-order valence-corrected chi connectivity index (χ2v) is 6.50. The van der Waals surface area contributed by atoms with E-state index in [4.69, 9.17) is 4.74 Å². The molecule has 0 saturated heterocycles. The van der Waals surface area contributed by atoms with E-state index in [1.807, 2.05) is 13.0 Å². The van der Waals surface area contributed by atoms with Crippen molar-refractivity contribution in [1.29, 1.82) is 0 Å². The van der Waals surface area contributed by atoms with E-state index in [0.717, 1.165) is 5.56 Å². The van der Waals surface area contributed by atoms with E-state index in [2.05, 4.69) is 15.3 Å². The van der Waals surface area contributed by atoms with Crippen LogP contribution in [0.5, 0.6) is 0 Å². The number of fused-ring (bicyclic) bond motifs is 3. The Bertz CT molecular complexity index is 1250. The monoisotopic (exact) mass is 379 g/mol. The zero-order valence-corrected chi connectivity index (χ0v) is 15.3. The molecule has 2 heterocycles. The first-order valence-corrected chi connectivity index (χ1v) is 8.67. The van der Waals surface area contributed by atoms with Crippen LogP contribution in [0, 0.1) is 12.7 Å². The van der Waals surface area contributed by atoms with Gasteiger partial charge in [-0.05, 0) is 42.8 Å². The topological polar surface area (TPSA) is 87.2 Å². The largest absolute Gasteiger partial charge is 0.364 e. The van der Waals surface area contributed by atoms with Crippen molar-refractivity contribution in [2.45, 2.75) is 13.2 Å². The molecule has 142 valence electrons. The first kappa shape index (κ1) is 18.1. The van der Waals surface area contributed by atoms with Gasteiger partial charge >= 0.3 is 0 Å². The SMILES string of the molecule is COC(O)c1ccc(C)c(Nc2nc3ccc(F)cc3c3c(=O)[nH]ccc23)c1. The molecule has 6 nitrogen and oxygen atoms in total. The maximum atomic E-state index is 13.8. The lowest BCUT2D eigenvalue weighted by Crippen LogP contribution is -2.08. The van der Waals surface area contributed by atoms with Crippen LogP contribution in [-0.4, -0.2) is 22.2 Å². The first-order chi connectivity index (χ1) is 13.5. The molecule has 4 rings (SSSR count). The van der Waals surface area contributed by atoms with Crippen LogP contribution in [0.25, 0.3) is 21.7 Å². The number of nitrogens with one attached hydrogen (secondary N) is 2. The summed E-state index contributed by atoms with van der Waals surface area (Å²) in [5, 5.41) is 14.6. The summed E-state index contributed by atoms with van der Waals surface area (Å²) in [7, 11) is 1.42. The maximum Gasteiger partial charge on any atom is 0.256 e. The normalized spacial score (nSPS) is 12.4. The minimum Gasteiger partial charge on any atom is -0.364 e. The van der Waals surface area contributed by atoms with E-state index < -0.39 is 12.1 Å². The van der Waals surface area contributed by atoms with Crippen LogP contribution in [0.15, 0.2) is 53.5 Å². The molecule has 0 aliphatic carbocycles. The predicted octanol–water partition coefficient (Wildman–Crippen LogP) is 3.90. The number of ether oxygens (including phenoxy) is 1. The van der Waals surface area contributed by atoms with Gasteiger partial charge in [-0.15, -0.1) is 0 Å². The molecular weight excluding hydrogens is 361 g/mol. The minimum atomic E-state index is -1.05. The van der Waals surface area contributed by atoms with Gasteiger partial charge in [0.1, 0.15) is 11.6 Å². The molecule has 2 aromatic carbocycles. The van der Waals surface area contributed by atoms with Crippen LogP contribution in [0.2, 0.25) is 0 Å². The summed E-state index contributed by atoms with van der Waals surface area (Å²) in [6.45, 7) is 1.91. The molecular formula is C21H18FN3O3. The number of pyridine rings is 2. The van der Waals surface area contributed by atoms with Gasteiger partial charge in [0.15, 0.2) is 6.29 Å². The highest BCUT2D eigenvalue weighted by Crippen LogP contribution is 2.31. The Kier molecular flexibility index (Phi) is 4.54. The van der Waals surface area contributed by atoms with Gasteiger partial charge in [0.05, 0.1) is 10.9 Å². The van der Waals surface area contributed by atoms with Gasteiger partial charge in [0.25, 0.3) is 5.56 Å². The molecule has 7 heteroatoms. The van der Waals surface area contributed by atoms with Crippen molar-refractivity contribution >= 4 is 33.2 Å². The van der Waals surface area contributed by atoms with Crippen LogP contribution in [-0.2, 0) is 4.74 Å². The number of hydrogen-bond acceptors (Lipinski definition) is 5. The van der Waals surface area contributed by atoms with Crippen molar-refractivity contribution in [3.05, 3.63) is 76.0 Å². The summed E-state index contributed by atoms with van der Waals surface area (Å²) >= 11 is 0. The van der Waals surface area contributed by atoms with E-state index in [1.54, 1.807) is 24.3 Å². The minimum absolute atomic E-state index is 0.321. The average molecular weight is 379 g/mol. The van der Waals surface area contributed by atoms with Crippen LogP contribution >= 0.6 is 0 Å². The summed E-state index contributed by atoms with van der Waals surface area (Å²) in [5.41, 5.74) is 2.40. The van der Waals surface area contributed by atoms with Gasteiger partial charge < -0.3 is 20.1 Å². The van der Waals surface area contributed by atoms with Crippen LogP contribution < -0.4 is 10.9 Å². The third-order valence-corrected chi connectivity index (χ3v) is 4.70. The number of benzene rings is 2. The molecule has 0 spiro atoms.